The molecule has 5 heteroatoms. The van der Waals surface area contributed by atoms with E-state index in [9.17, 15) is 4.79 Å². The molecule has 0 aromatic carbocycles. The van der Waals surface area contributed by atoms with Crippen LogP contribution in [0.1, 0.15) is 60.6 Å². The number of carbonyl (C=O) groups excluding carboxylic acids is 1. The minimum atomic E-state index is -0.490. The molecule has 4 rings (SSSR count). The van der Waals surface area contributed by atoms with Crippen LogP contribution >= 0.6 is 0 Å². The van der Waals surface area contributed by atoms with Crippen LogP contribution in [0.25, 0.3) is 0 Å². The highest BCUT2D eigenvalue weighted by molar-refractivity contribution is 5.93. The van der Waals surface area contributed by atoms with Crippen molar-refractivity contribution in [1.82, 2.24) is 15.4 Å². The number of carbonyl (C=O) groups is 1. The molecule has 1 fully saturated rings. The maximum Gasteiger partial charge on any atom is 0.276 e. The van der Waals surface area contributed by atoms with Crippen molar-refractivity contribution in [3.8, 4) is 0 Å². The summed E-state index contributed by atoms with van der Waals surface area (Å²) in [4.78, 5) is 18.6. The zero-order chi connectivity index (χ0) is 17.4. The quantitative estimate of drug-likeness (QED) is 0.504. The first-order chi connectivity index (χ1) is 12.1. The van der Waals surface area contributed by atoms with Crippen molar-refractivity contribution >= 4 is 5.91 Å². The maximum absolute atomic E-state index is 11.6. The Balaban J connectivity index is 1.41. The summed E-state index contributed by atoms with van der Waals surface area (Å²) in [7, 11) is 0. The number of amides is 1. The number of hydrogen-bond donors (Lipinski definition) is 2. The molecule has 2 heterocycles. The third-order valence-corrected chi connectivity index (χ3v) is 6.13. The van der Waals surface area contributed by atoms with Gasteiger partial charge in [0.25, 0.3) is 5.91 Å². The number of hydrogen-bond acceptors (Lipinski definition) is 4. The second-order valence-corrected chi connectivity index (χ2v) is 7.96. The molecule has 2 aliphatic carbocycles. The molecule has 2 N–H and O–H groups in total. The van der Waals surface area contributed by atoms with Gasteiger partial charge in [0.15, 0.2) is 0 Å². The van der Waals surface area contributed by atoms with Gasteiger partial charge in [-0.15, -0.1) is 0 Å². The van der Waals surface area contributed by atoms with Crippen LogP contribution in [0.4, 0.5) is 0 Å². The smallest absolute Gasteiger partial charge is 0.276 e. The summed E-state index contributed by atoms with van der Waals surface area (Å²) in [6, 6.07) is 1.88. The summed E-state index contributed by atoms with van der Waals surface area (Å²) < 4.78 is 0. The Labute approximate surface area is 149 Å². The standard InChI is InChI=1S/C20H27N3O2/c1-13-3-2-4-14(7-15-9-18(13)15)11-23-6-5-19-17(12-23)8-16(10-21-19)20(24)22-25/h8,10,14-15,25H,2-7,9,11-12H2,1H3,(H,22,24)/b18-13+/t14-,15?/m0/s1. The van der Waals surface area contributed by atoms with Crippen molar-refractivity contribution < 1.29 is 10.0 Å². The molecular formula is C20H27N3O2. The first-order valence-corrected chi connectivity index (χ1v) is 9.47. The molecule has 25 heavy (non-hydrogen) atoms. The van der Waals surface area contributed by atoms with Crippen LogP contribution in [0.3, 0.4) is 0 Å². The van der Waals surface area contributed by atoms with E-state index >= 15 is 0 Å². The van der Waals surface area contributed by atoms with Crippen molar-refractivity contribution in [3.05, 3.63) is 40.2 Å². The van der Waals surface area contributed by atoms with Gasteiger partial charge in [0.1, 0.15) is 0 Å². The highest BCUT2D eigenvalue weighted by Gasteiger charge is 2.35. The topological polar surface area (TPSA) is 65.5 Å². The molecule has 2 atom stereocenters. The van der Waals surface area contributed by atoms with Crippen LogP contribution in [-0.2, 0) is 13.0 Å². The van der Waals surface area contributed by atoms with Gasteiger partial charge in [-0.3, -0.25) is 19.9 Å². The summed E-state index contributed by atoms with van der Waals surface area (Å²) in [5.74, 6) is 1.16. The van der Waals surface area contributed by atoms with E-state index in [1.165, 1.54) is 32.1 Å². The minimum Gasteiger partial charge on any atom is -0.298 e. The number of pyridine rings is 1. The summed E-state index contributed by atoms with van der Waals surface area (Å²) in [5, 5.41) is 8.82. The van der Waals surface area contributed by atoms with Crippen LogP contribution in [0.15, 0.2) is 23.4 Å². The molecule has 0 saturated heterocycles. The SMILES string of the molecule is C/C1=C2/CC2C[C@@H](CN2CCc3ncc(C(=O)NO)cc3C2)CCC1. The van der Waals surface area contributed by atoms with Crippen molar-refractivity contribution in [2.24, 2.45) is 11.8 Å². The number of nitrogens with one attached hydrogen (secondary N) is 1. The highest BCUT2D eigenvalue weighted by atomic mass is 16.5. The van der Waals surface area contributed by atoms with Crippen LogP contribution in [0, 0.1) is 11.8 Å². The number of allylic oxidation sites excluding steroid dienone is 2. The third kappa shape index (κ3) is 3.62. The van der Waals surface area contributed by atoms with Crippen LogP contribution in [0.2, 0.25) is 0 Å². The van der Waals surface area contributed by atoms with E-state index in [4.69, 9.17) is 5.21 Å². The molecule has 0 radical (unpaired) electrons. The van der Waals surface area contributed by atoms with Crippen molar-refractivity contribution in [3.63, 3.8) is 0 Å². The first kappa shape index (κ1) is 16.7. The van der Waals surface area contributed by atoms with E-state index in [1.807, 2.05) is 6.07 Å². The Morgan fingerprint density at radius 3 is 3.16 bits per heavy atom. The predicted octanol–water partition coefficient (Wildman–Crippen LogP) is 3.09. The van der Waals surface area contributed by atoms with Gasteiger partial charge in [0.2, 0.25) is 0 Å². The number of fused-ring (bicyclic) bond motifs is 2. The summed E-state index contributed by atoms with van der Waals surface area (Å²) in [6.07, 6.45) is 9.12. The molecular weight excluding hydrogens is 314 g/mol. The van der Waals surface area contributed by atoms with E-state index < -0.39 is 5.91 Å². The Bertz CT molecular complexity index is 713. The van der Waals surface area contributed by atoms with Gasteiger partial charge in [-0.25, -0.2) is 5.48 Å². The van der Waals surface area contributed by atoms with Crippen molar-refractivity contribution in [2.75, 3.05) is 13.1 Å². The van der Waals surface area contributed by atoms with Crippen LogP contribution in [0.5, 0.6) is 0 Å². The fraction of sp³-hybridized carbons (Fsp3) is 0.600. The Kier molecular flexibility index (Phi) is 4.61. The molecule has 0 spiro atoms. The highest BCUT2D eigenvalue weighted by Crippen LogP contribution is 2.48. The molecule has 3 aliphatic rings. The average molecular weight is 341 g/mol. The van der Waals surface area contributed by atoms with Gasteiger partial charge in [0.05, 0.1) is 5.56 Å². The number of hydroxylamine groups is 1. The normalized spacial score (nSPS) is 29.2. The zero-order valence-electron chi connectivity index (χ0n) is 14.9. The summed E-state index contributed by atoms with van der Waals surface area (Å²) >= 11 is 0. The van der Waals surface area contributed by atoms with Gasteiger partial charge < -0.3 is 0 Å². The molecule has 1 saturated carbocycles. The maximum atomic E-state index is 11.6. The molecule has 1 aromatic rings. The molecule has 0 bridgehead atoms. The lowest BCUT2D eigenvalue weighted by Crippen LogP contribution is -2.35. The Morgan fingerprint density at radius 1 is 1.44 bits per heavy atom. The largest absolute Gasteiger partial charge is 0.298 e. The lowest BCUT2D eigenvalue weighted by molar-refractivity contribution is 0.0705. The Hall–Kier alpha value is -1.72. The Morgan fingerprint density at radius 2 is 2.32 bits per heavy atom. The second kappa shape index (κ2) is 6.89. The monoisotopic (exact) mass is 341 g/mol. The van der Waals surface area contributed by atoms with E-state index in [-0.39, 0.29) is 0 Å². The van der Waals surface area contributed by atoms with Gasteiger partial charge in [-0.1, -0.05) is 11.1 Å². The second-order valence-electron chi connectivity index (χ2n) is 7.96. The van der Waals surface area contributed by atoms with Crippen molar-refractivity contribution in [1.29, 1.82) is 0 Å². The third-order valence-electron chi connectivity index (χ3n) is 6.13. The predicted molar refractivity (Wildman–Crippen MR) is 95.2 cm³/mol. The van der Waals surface area contributed by atoms with Gasteiger partial charge >= 0.3 is 0 Å². The molecule has 1 aromatic heterocycles. The fourth-order valence-corrected chi connectivity index (χ4v) is 4.65. The van der Waals surface area contributed by atoms with Gasteiger partial charge in [-0.2, -0.15) is 0 Å². The van der Waals surface area contributed by atoms with Crippen LogP contribution in [-0.4, -0.2) is 34.1 Å². The summed E-state index contributed by atoms with van der Waals surface area (Å²) in [6.45, 7) is 5.38. The molecule has 1 aliphatic heterocycles. The van der Waals surface area contributed by atoms with E-state index in [0.717, 1.165) is 49.1 Å². The van der Waals surface area contributed by atoms with E-state index in [1.54, 1.807) is 22.8 Å². The number of aromatic nitrogens is 1. The van der Waals surface area contributed by atoms with E-state index in [2.05, 4.69) is 16.8 Å². The minimum absolute atomic E-state index is 0.428. The number of rotatable bonds is 3. The molecule has 1 unspecified atom stereocenters. The first-order valence-electron chi connectivity index (χ1n) is 9.47. The number of nitrogens with zero attached hydrogens (tertiary/aromatic N) is 2. The average Bonchev–Trinajstić information content (AvgIpc) is 3.37. The zero-order valence-corrected chi connectivity index (χ0v) is 14.9. The van der Waals surface area contributed by atoms with Gasteiger partial charge in [0, 0.05) is 37.9 Å². The molecule has 1 amide bonds. The van der Waals surface area contributed by atoms with Crippen molar-refractivity contribution in [2.45, 2.75) is 52.0 Å². The van der Waals surface area contributed by atoms with Gasteiger partial charge in [-0.05, 0) is 62.5 Å². The molecule has 134 valence electrons. The molecule has 5 nitrogen and oxygen atoms in total. The van der Waals surface area contributed by atoms with Crippen LogP contribution < -0.4 is 5.48 Å². The lowest BCUT2D eigenvalue weighted by Gasteiger charge is -2.32. The summed E-state index contributed by atoms with van der Waals surface area (Å²) in [5.41, 5.74) is 7.75. The lowest BCUT2D eigenvalue weighted by atomic mass is 9.90. The fourth-order valence-electron chi connectivity index (χ4n) is 4.65. The van der Waals surface area contributed by atoms with E-state index in [0.29, 0.717) is 5.56 Å².